The molecule has 1 N–H and O–H groups in total. The smallest absolute Gasteiger partial charge is 0.416 e. The lowest BCUT2D eigenvalue weighted by Crippen LogP contribution is -2.05. The van der Waals surface area contributed by atoms with Gasteiger partial charge in [0.2, 0.25) is 0 Å². The summed E-state index contributed by atoms with van der Waals surface area (Å²) in [5, 5.41) is 9.52. The number of rotatable bonds is 8. The molecule has 0 aliphatic rings. The fourth-order valence-corrected chi connectivity index (χ4v) is 3.27. The van der Waals surface area contributed by atoms with Crippen molar-refractivity contribution in [1.29, 1.82) is 0 Å². The Labute approximate surface area is 179 Å². The minimum absolute atomic E-state index is 0.171. The van der Waals surface area contributed by atoms with Crippen LogP contribution in [0.25, 0.3) is 11.1 Å². The van der Waals surface area contributed by atoms with Crippen molar-refractivity contribution in [3.8, 4) is 16.9 Å². The Morgan fingerprint density at radius 1 is 1.13 bits per heavy atom. The number of aryl methyl sites for hydroxylation is 1. The van der Waals surface area contributed by atoms with E-state index in [1.54, 1.807) is 13.0 Å². The highest BCUT2D eigenvalue weighted by molar-refractivity contribution is 5.76. The lowest BCUT2D eigenvalue weighted by Gasteiger charge is -2.19. The minimum Gasteiger partial charge on any atom is -0.486 e. The predicted molar refractivity (Wildman–Crippen MR) is 112 cm³/mol. The first-order valence-electron chi connectivity index (χ1n) is 9.96. The number of aliphatic hydroxyl groups excluding tert-OH is 1. The van der Waals surface area contributed by atoms with Gasteiger partial charge in [0.1, 0.15) is 24.3 Å². The van der Waals surface area contributed by atoms with Crippen molar-refractivity contribution in [3.05, 3.63) is 83.6 Å². The van der Waals surface area contributed by atoms with Crippen LogP contribution in [0.5, 0.6) is 5.75 Å². The maximum absolute atomic E-state index is 13.0. The van der Waals surface area contributed by atoms with Gasteiger partial charge in [-0.15, -0.1) is 0 Å². The summed E-state index contributed by atoms with van der Waals surface area (Å²) in [6.45, 7) is 3.81. The summed E-state index contributed by atoms with van der Waals surface area (Å²) in [6.07, 6.45) is 2.48. The van der Waals surface area contributed by atoms with Crippen LogP contribution in [0, 0.1) is 0 Å². The molecule has 0 fully saturated rings. The van der Waals surface area contributed by atoms with Gasteiger partial charge in [0.05, 0.1) is 11.7 Å². The summed E-state index contributed by atoms with van der Waals surface area (Å²) in [5.41, 5.74) is 3.07. The van der Waals surface area contributed by atoms with Crippen LogP contribution in [0.15, 0.2) is 65.6 Å². The van der Waals surface area contributed by atoms with Gasteiger partial charge in [-0.25, -0.2) is 4.98 Å². The van der Waals surface area contributed by atoms with Crippen LogP contribution in [0.2, 0.25) is 0 Å². The van der Waals surface area contributed by atoms with Crippen LogP contribution < -0.4 is 4.74 Å². The first-order chi connectivity index (χ1) is 14.8. The Bertz CT molecular complexity index is 1010. The molecule has 2 aromatic carbocycles. The fourth-order valence-electron chi connectivity index (χ4n) is 3.27. The lowest BCUT2D eigenvalue weighted by molar-refractivity contribution is -0.137. The SMILES string of the molecule is CCc1ccc(CC=CC(C)O)c(-c2ccc(C(F)(F)F)cc2)c1OCc1cocn1. The van der Waals surface area contributed by atoms with E-state index in [4.69, 9.17) is 9.15 Å². The van der Waals surface area contributed by atoms with Crippen LogP contribution in [-0.4, -0.2) is 16.2 Å². The van der Waals surface area contributed by atoms with Gasteiger partial charge >= 0.3 is 6.18 Å². The van der Waals surface area contributed by atoms with E-state index in [-0.39, 0.29) is 6.61 Å². The molecule has 4 nitrogen and oxygen atoms in total. The van der Waals surface area contributed by atoms with E-state index in [0.29, 0.717) is 29.8 Å². The molecule has 1 aromatic heterocycles. The fraction of sp³-hybridized carbons (Fsp3) is 0.292. The Morgan fingerprint density at radius 2 is 1.84 bits per heavy atom. The molecule has 0 aliphatic carbocycles. The Morgan fingerprint density at radius 3 is 2.42 bits per heavy atom. The van der Waals surface area contributed by atoms with E-state index in [9.17, 15) is 18.3 Å². The molecule has 0 spiro atoms. The zero-order valence-electron chi connectivity index (χ0n) is 17.3. The maximum atomic E-state index is 13.0. The molecule has 7 heteroatoms. The van der Waals surface area contributed by atoms with Crippen LogP contribution >= 0.6 is 0 Å². The zero-order valence-corrected chi connectivity index (χ0v) is 17.3. The molecule has 0 aliphatic heterocycles. The second-order valence-electron chi connectivity index (χ2n) is 7.16. The summed E-state index contributed by atoms with van der Waals surface area (Å²) >= 11 is 0. The second-order valence-corrected chi connectivity index (χ2v) is 7.16. The Hall–Kier alpha value is -3.06. The third kappa shape index (κ3) is 5.76. The highest BCUT2D eigenvalue weighted by atomic mass is 19.4. The average molecular weight is 431 g/mol. The number of hydrogen-bond acceptors (Lipinski definition) is 4. The lowest BCUT2D eigenvalue weighted by atomic mass is 9.92. The van der Waals surface area contributed by atoms with Crippen molar-refractivity contribution in [2.75, 3.05) is 0 Å². The number of nitrogens with zero attached hydrogens (tertiary/aromatic N) is 1. The highest BCUT2D eigenvalue weighted by Gasteiger charge is 2.30. The standard InChI is InChI=1S/C24H24F3NO3/c1-3-17-7-8-18(6-4-5-16(2)29)22(23(17)31-14-21-13-30-15-28-21)19-9-11-20(12-10-19)24(25,26)27/h4-5,7-13,15-16,29H,3,6,14H2,1-2H3. The van der Waals surface area contributed by atoms with E-state index in [0.717, 1.165) is 28.8 Å². The van der Waals surface area contributed by atoms with Crippen LogP contribution in [-0.2, 0) is 25.6 Å². The molecular formula is C24H24F3NO3. The van der Waals surface area contributed by atoms with E-state index in [2.05, 4.69) is 4.98 Å². The van der Waals surface area contributed by atoms with Crippen molar-refractivity contribution < 1.29 is 27.4 Å². The summed E-state index contributed by atoms with van der Waals surface area (Å²) in [5.74, 6) is 0.605. The van der Waals surface area contributed by atoms with E-state index < -0.39 is 17.8 Å². The molecule has 31 heavy (non-hydrogen) atoms. The van der Waals surface area contributed by atoms with Crippen molar-refractivity contribution in [2.45, 2.75) is 45.6 Å². The monoisotopic (exact) mass is 431 g/mol. The number of allylic oxidation sites excluding steroid dienone is 1. The molecule has 1 unspecified atom stereocenters. The van der Waals surface area contributed by atoms with Crippen molar-refractivity contribution in [1.82, 2.24) is 4.98 Å². The molecule has 3 rings (SSSR count). The first-order valence-corrected chi connectivity index (χ1v) is 9.96. The number of ether oxygens (including phenoxy) is 1. The zero-order chi connectivity index (χ0) is 22.4. The van der Waals surface area contributed by atoms with Crippen LogP contribution in [0.1, 0.15) is 36.2 Å². The molecule has 0 amide bonds. The normalized spacial score (nSPS) is 13.0. The van der Waals surface area contributed by atoms with E-state index >= 15 is 0 Å². The average Bonchev–Trinajstić information content (AvgIpc) is 3.25. The summed E-state index contributed by atoms with van der Waals surface area (Å²) in [7, 11) is 0. The van der Waals surface area contributed by atoms with E-state index in [1.807, 2.05) is 25.1 Å². The molecule has 3 aromatic rings. The second kappa shape index (κ2) is 9.83. The molecule has 0 saturated heterocycles. The minimum atomic E-state index is -4.40. The molecule has 1 heterocycles. The number of halogens is 3. The van der Waals surface area contributed by atoms with Gasteiger partial charge in [0, 0.05) is 5.56 Å². The molecule has 164 valence electrons. The van der Waals surface area contributed by atoms with Crippen molar-refractivity contribution >= 4 is 0 Å². The van der Waals surface area contributed by atoms with Gasteiger partial charge in [0.15, 0.2) is 6.39 Å². The topological polar surface area (TPSA) is 55.5 Å². The summed E-state index contributed by atoms with van der Waals surface area (Å²) in [4.78, 5) is 4.06. The highest BCUT2D eigenvalue weighted by Crippen LogP contribution is 2.39. The Kier molecular flexibility index (Phi) is 7.17. The number of alkyl halides is 3. The molecular weight excluding hydrogens is 407 g/mol. The van der Waals surface area contributed by atoms with Crippen LogP contribution in [0.4, 0.5) is 13.2 Å². The van der Waals surface area contributed by atoms with Gasteiger partial charge in [-0.3, -0.25) is 0 Å². The number of aliphatic hydroxyl groups is 1. The number of aromatic nitrogens is 1. The number of oxazole rings is 1. The third-order valence-corrected chi connectivity index (χ3v) is 4.81. The van der Waals surface area contributed by atoms with Crippen molar-refractivity contribution in [2.24, 2.45) is 0 Å². The molecule has 0 radical (unpaired) electrons. The maximum Gasteiger partial charge on any atom is 0.416 e. The molecule has 0 saturated carbocycles. The van der Waals surface area contributed by atoms with Gasteiger partial charge < -0.3 is 14.3 Å². The number of benzene rings is 2. The molecule has 0 bridgehead atoms. The van der Waals surface area contributed by atoms with Crippen LogP contribution in [0.3, 0.4) is 0 Å². The van der Waals surface area contributed by atoms with Gasteiger partial charge in [0.25, 0.3) is 0 Å². The quantitative estimate of drug-likeness (QED) is 0.446. The van der Waals surface area contributed by atoms with Gasteiger partial charge in [-0.05, 0) is 48.6 Å². The number of hydrogen-bond donors (Lipinski definition) is 1. The molecule has 1 atom stereocenters. The summed E-state index contributed by atoms with van der Waals surface area (Å²) < 4.78 is 50.2. The largest absolute Gasteiger partial charge is 0.486 e. The van der Waals surface area contributed by atoms with E-state index in [1.165, 1.54) is 24.8 Å². The van der Waals surface area contributed by atoms with Gasteiger partial charge in [-0.1, -0.05) is 43.3 Å². The first kappa shape index (κ1) is 22.6. The predicted octanol–water partition coefficient (Wildman–Crippen LogP) is 5.98. The Balaban J connectivity index is 2.08. The van der Waals surface area contributed by atoms with Crippen molar-refractivity contribution in [3.63, 3.8) is 0 Å². The van der Waals surface area contributed by atoms with Gasteiger partial charge in [-0.2, -0.15) is 13.2 Å². The third-order valence-electron chi connectivity index (χ3n) is 4.81. The summed E-state index contributed by atoms with van der Waals surface area (Å²) in [6, 6.07) is 8.97.